The molecule has 3 atom stereocenters. The lowest BCUT2D eigenvalue weighted by Crippen LogP contribution is -2.37. The highest BCUT2D eigenvalue weighted by molar-refractivity contribution is 5.98. The van der Waals surface area contributed by atoms with Crippen molar-refractivity contribution in [1.29, 1.82) is 5.26 Å². The Morgan fingerprint density at radius 3 is 2.52 bits per heavy atom. The third kappa shape index (κ3) is 2.89. The van der Waals surface area contributed by atoms with Crippen LogP contribution in [0.2, 0.25) is 0 Å². The molecule has 0 heterocycles. The first-order chi connectivity index (χ1) is 9.95. The second-order valence-corrected chi connectivity index (χ2v) is 5.65. The summed E-state index contributed by atoms with van der Waals surface area (Å²) in [4.78, 5) is 25.4. The van der Waals surface area contributed by atoms with Gasteiger partial charge in [-0.15, -0.1) is 0 Å². The van der Waals surface area contributed by atoms with Crippen molar-refractivity contribution in [2.24, 2.45) is 17.8 Å². The normalized spacial score (nSPS) is 24.3. The Bertz CT molecular complexity index is 606. The number of carbonyl (C=O) groups excluding carboxylic acids is 1. The van der Waals surface area contributed by atoms with Crippen LogP contribution < -0.4 is 4.90 Å². The summed E-state index contributed by atoms with van der Waals surface area (Å²) < 4.78 is 0. The van der Waals surface area contributed by atoms with Crippen LogP contribution in [0.4, 0.5) is 5.69 Å². The summed E-state index contributed by atoms with van der Waals surface area (Å²) >= 11 is 0. The molecule has 0 aromatic heterocycles. The van der Waals surface area contributed by atoms with Crippen molar-refractivity contribution >= 4 is 17.6 Å². The summed E-state index contributed by atoms with van der Waals surface area (Å²) in [6, 6.07) is 8.89. The van der Waals surface area contributed by atoms with Gasteiger partial charge in [-0.3, -0.25) is 9.59 Å². The van der Waals surface area contributed by atoms with E-state index < -0.39 is 17.8 Å². The van der Waals surface area contributed by atoms with Crippen molar-refractivity contribution in [2.45, 2.75) is 19.8 Å². The van der Waals surface area contributed by atoms with Gasteiger partial charge in [0.05, 0.1) is 23.1 Å². The van der Waals surface area contributed by atoms with Gasteiger partial charge in [0.15, 0.2) is 0 Å². The Morgan fingerprint density at radius 2 is 1.90 bits per heavy atom. The number of para-hydroxylation sites is 1. The number of carboxylic acid groups (broad SMARTS) is 1. The van der Waals surface area contributed by atoms with Crippen molar-refractivity contribution in [3.8, 4) is 6.07 Å². The number of anilines is 1. The first-order valence-electron chi connectivity index (χ1n) is 6.95. The minimum atomic E-state index is -0.917. The molecular weight excluding hydrogens is 268 g/mol. The minimum absolute atomic E-state index is 0.222. The fourth-order valence-corrected chi connectivity index (χ4v) is 3.07. The van der Waals surface area contributed by atoms with E-state index >= 15 is 0 Å². The highest BCUT2D eigenvalue weighted by Crippen LogP contribution is 2.38. The first-order valence-corrected chi connectivity index (χ1v) is 6.95. The molecule has 1 aromatic carbocycles. The third-order valence-corrected chi connectivity index (χ3v) is 4.15. The molecule has 1 aliphatic carbocycles. The van der Waals surface area contributed by atoms with Gasteiger partial charge in [-0.2, -0.15) is 5.26 Å². The Balaban J connectivity index is 2.27. The average Bonchev–Trinajstić information content (AvgIpc) is 2.88. The molecule has 1 N–H and O–H groups in total. The number of hydrogen-bond acceptors (Lipinski definition) is 3. The van der Waals surface area contributed by atoms with Crippen molar-refractivity contribution < 1.29 is 14.7 Å². The summed E-state index contributed by atoms with van der Waals surface area (Å²) in [5, 5.41) is 18.4. The van der Waals surface area contributed by atoms with Crippen LogP contribution in [-0.2, 0) is 9.59 Å². The maximum absolute atomic E-state index is 12.6. The molecule has 5 heteroatoms. The Kier molecular flexibility index (Phi) is 4.27. The molecule has 3 unspecified atom stereocenters. The van der Waals surface area contributed by atoms with E-state index in [4.69, 9.17) is 5.26 Å². The summed E-state index contributed by atoms with van der Waals surface area (Å²) in [7, 11) is 1.60. The minimum Gasteiger partial charge on any atom is -0.481 e. The van der Waals surface area contributed by atoms with Crippen molar-refractivity contribution in [2.75, 3.05) is 11.9 Å². The lowest BCUT2D eigenvalue weighted by molar-refractivity contribution is -0.145. The predicted octanol–water partition coefficient (Wildman–Crippen LogP) is 2.27. The lowest BCUT2D eigenvalue weighted by atomic mass is 9.94. The molecule has 21 heavy (non-hydrogen) atoms. The monoisotopic (exact) mass is 286 g/mol. The Labute approximate surface area is 123 Å². The molecule has 0 radical (unpaired) electrons. The largest absolute Gasteiger partial charge is 0.481 e. The van der Waals surface area contributed by atoms with Gasteiger partial charge < -0.3 is 10.0 Å². The lowest BCUT2D eigenvalue weighted by Gasteiger charge is -2.24. The highest BCUT2D eigenvalue weighted by atomic mass is 16.4. The predicted molar refractivity (Wildman–Crippen MR) is 77.6 cm³/mol. The van der Waals surface area contributed by atoms with Gasteiger partial charge in [0.2, 0.25) is 5.91 Å². The molecule has 1 saturated carbocycles. The SMILES string of the molecule is CC1CC(C(=O)O)C(C(=O)N(C)c2ccccc2C#N)C1. The van der Waals surface area contributed by atoms with Gasteiger partial charge in [0, 0.05) is 7.05 Å². The van der Waals surface area contributed by atoms with E-state index in [1.165, 1.54) is 4.90 Å². The van der Waals surface area contributed by atoms with Crippen molar-refractivity contribution in [1.82, 2.24) is 0 Å². The van der Waals surface area contributed by atoms with E-state index in [0.717, 1.165) is 0 Å². The van der Waals surface area contributed by atoms with E-state index in [-0.39, 0.29) is 11.8 Å². The van der Waals surface area contributed by atoms with Crippen molar-refractivity contribution in [3.63, 3.8) is 0 Å². The fourth-order valence-electron chi connectivity index (χ4n) is 3.07. The van der Waals surface area contributed by atoms with Crippen LogP contribution in [0.5, 0.6) is 0 Å². The third-order valence-electron chi connectivity index (χ3n) is 4.15. The molecule has 0 saturated heterocycles. The summed E-state index contributed by atoms with van der Waals surface area (Å²) in [5.41, 5.74) is 0.931. The molecule has 0 aliphatic heterocycles. The van der Waals surface area contributed by atoms with E-state index in [9.17, 15) is 14.7 Å². The van der Waals surface area contributed by atoms with Crippen LogP contribution in [0.15, 0.2) is 24.3 Å². The zero-order valence-corrected chi connectivity index (χ0v) is 12.1. The molecule has 110 valence electrons. The smallest absolute Gasteiger partial charge is 0.307 e. The maximum atomic E-state index is 12.6. The zero-order chi connectivity index (χ0) is 15.6. The van der Waals surface area contributed by atoms with Gasteiger partial charge in [-0.25, -0.2) is 0 Å². The van der Waals surface area contributed by atoms with Crippen LogP contribution in [-0.4, -0.2) is 24.0 Å². The number of rotatable bonds is 3. The fraction of sp³-hybridized carbons (Fsp3) is 0.438. The molecular formula is C16H18N2O3. The zero-order valence-electron chi connectivity index (χ0n) is 12.1. The van der Waals surface area contributed by atoms with E-state index in [1.807, 2.05) is 6.92 Å². The number of carbonyl (C=O) groups is 2. The highest BCUT2D eigenvalue weighted by Gasteiger charge is 2.42. The maximum Gasteiger partial charge on any atom is 0.307 e. The summed E-state index contributed by atoms with van der Waals surface area (Å²) in [6.45, 7) is 1.96. The van der Waals surface area contributed by atoms with Crippen LogP contribution >= 0.6 is 0 Å². The number of carboxylic acids is 1. The topological polar surface area (TPSA) is 81.4 Å². The van der Waals surface area contributed by atoms with Crippen LogP contribution in [0.25, 0.3) is 0 Å². The molecule has 0 spiro atoms. The number of amides is 1. The number of nitriles is 1. The first kappa shape index (κ1) is 15.0. The summed E-state index contributed by atoms with van der Waals surface area (Å²) in [5.74, 6) is -2.08. The summed E-state index contributed by atoms with van der Waals surface area (Å²) in [6.07, 6.45) is 1.11. The number of nitrogens with zero attached hydrogens (tertiary/aromatic N) is 2. The second-order valence-electron chi connectivity index (χ2n) is 5.65. The van der Waals surface area contributed by atoms with Gasteiger partial charge >= 0.3 is 5.97 Å². The Morgan fingerprint density at radius 1 is 1.29 bits per heavy atom. The van der Waals surface area contributed by atoms with Crippen LogP contribution in [0, 0.1) is 29.1 Å². The molecule has 0 bridgehead atoms. The van der Waals surface area contributed by atoms with E-state index in [0.29, 0.717) is 24.1 Å². The van der Waals surface area contributed by atoms with Crippen molar-refractivity contribution in [3.05, 3.63) is 29.8 Å². The molecule has 1 aromatic rings. The van der Waals surface area contributed by atoms with Gasteiger partial charge in [0.1, 0.15) is 6.07 Å². The average molecular weight is 286 g/mol. The number of aliphatic carboxylic acids is 1. The second kappa shape index (κ2) is 5.96. The molecule has 1 aliphatic rings. The molecule has 1 fully saturated rings. The quantitative estimate of drug-likeness (QED) is 0.924. The Hall–Kier alpha value is -2.35. The number of benzene rings is 1. The molecule has 2 rings (SSSR count). The van der Waals surface area contributed by atoms with Gasteiger partial charge in [-0.1, -0.05) is 19.1 Å². The molecule has 5 nitrogen and oxygen atoms in total. The van der Waals surface area contributed by atoms with Gasteiger partial charge in [-0.05, 0) is 30.9 Å². The van der Waals surface area contributed by atoms with E-state index in [1.54, 1.807) is 31.3 Å². The van der Waals surface area contributed by atoms with Crippen LogP contribution in [0.3, 0.4) is 0 Å². The number of hydrogen-bond donors (Lipinski definition) is 1. The van der Waals surface area contributed by atoms with Crippen LogP contribution in [0.1, 0.15) is 25.3 Å². The molecule has 1 amide bonds. The standard InChI is InChI=1S/C16H18N2O3/c1-10-7-12(13(8-10)16(20)21)15(19)18(2)14-6-4-3-5-11(14)9-17/h3-6,10,12-13H,7-8H2,1-2H3,(H,20,21). The van der Waals surface area contributed by atoms with E-state index in [2.05, 4.69) is 6.07 Å². The van der Waals surface area contributed by atoms with Gasteiger partial charge in [0.25, 0.3) is 0 Å².